The molecule has 10 heteroatoms. The van der Waals surface area contributed by atoms with Gasteiger partial charge < -0.3 is 16.8 Å². The van der Waals surface area contributed by atoms with Gasteiger partial charge in [0.15, 0.2) is 0 Å². The summed E-state index contributed by atoms with van der Waals surface area (Å²) in [5.74, 6) is -0.160. The summed E-state index contributed by atoms with van der Waals surface area (Å²) in [6, 6.07) is 12.9. The Morgan fingerprint density at radius 2 is 1.77 bits per heavy atom. The summed E-state index contributed by atoms with van der Waals surface area (Å²) >= 11 is 2.50. The number of nitrogens with one attached hydrogen (secondary N) is 2. The molecule has 2 amide bonds. The summed E-state index contributed by atoms with van der Waals surface area (Å²) in [6.07, 6.45) is 1.79. The zero-order chi connectivity index (χ0) is 22.1. The van der Waals surface area contributed by atoms with Crippen LogP contribution >= 0.6 is 23.1 Å². The number of amidine groups is 1. The van der Waals surface area contributed by atoms with Gasteiger partial charge >= 0.3 is 6.03 Å². The maximum absolute atomic E-state index is 13.4. The van der Waals surface area contributed by atoms with Crippen LogP contribution in [0, 0.1) is 12.3 Å². The molecule has 156 valence electrons. The van der Waals surface area contributed by atoms with E-state index in [4.69, 9.17) is 16.9 Å². The zero-order valence-electron chi connectivity index (χ0n) is 16.2. The van der Waals surface area contributed by atoms with Gasteiger partial charge in [0, 0.05) is 5.69 Å². The summed E-state index contributed by atoms with van der Waals surface area (Å²) < 4.78 is 27.5. The van der Waals surface area contributed by atoms with Crippen LogP contribution in [0.4, 0.5) is 10.5 Å². The van der Waals surface area contributed by atoms with Crippen LogP contribution in [0.5, 0.6) is 0 Å². The number of amides is 2. The molecule has 1 aromatic heterocycles. The van der Waals surface area contributed by atoms with E-state index in [1.54, 1.807) is 49.6 Å². The lowest BCUT2D eigenvalue weighted by Crippen LogP contribution is -2.19. The SMILES string of the molecule is CSc1sc(C(=N)N)cc1S(=O)(=O)c1cccc(-c2ccc(NC(N)=O)cc2)c1C. The van der Waals surface area contributed by atoms with Gasteiger partial charge in [-0.25, -0.2) is 13.2 Å². The van der Waals surface area contributed by atoms with Crippen LogP contribution in [0.3, 0.4) is 0 Å². The van der Waals surface area contributed by atoms with Crippen LogP contribution in [0.25, 0.3) is 11.1 Å². The van der Waals surface area contributed by atoms with Gasteiger partial charge in [0.05, 0.1) is 18.9 Å². The number of nitrogen functional groups attached to an aromatic ring is 1. The third kappa shape index (κ3) is 4.20. The number of sulfone groups is 1. The van der Waals surface area contributed by atoms with Gasteiger partial charge in [-0.3, -0.25) is 5.41 Å². The molecule has 0 spiro atoms. The van der Waals surface area contributed by atoms with Crippen LogP contribution in [0.1, 0.15) is 10.4 Å². The Morgan fingerprint density at radius 3 is 2.33 bits per heavy atom. The largest absolute Gasteiger partial charge is 0.383 e. The highest BCUT2D eigenvalue weighted by Crippen LogP contribution is 2.39. The topological polar surface area (TPSA) is 139 Å². The van der Waals surface area contributed by atoms with Gasteiger partial charge in [-0.05, 0) is 54.1 Å². The predicted octanol–water partition coefficient (Wildman–Crippen LogP) is 4.05. The molecule has 6 N–H and O–H groups in total. The molecule has 3 aromatic rings. The smallest absolute Gasteiger partial charge is 0.316 e. The lowest BCUT2D eigenvalue weighted by Gasteiger charge is -2.13. The Kier molecular flexibility index (Phi) is 6.20. The van der Waals surface area contributed by atoms with E-state index in [9.17, 15) is 13.2 Å². The van der Waals surface area contributed by atoms with Crippen molar-refractivity contribution in [2.75, 3.05) is 11.6 Å². The quantitative estimate of drug-likeness (QED) is 0.250. The number of rotatable bonds is 6. The first-order chi connectivity index (χ1) is 14.1. The Balaban J connectivity index is 2.08. The second-order valence-corrected chi connectivity index (χ2v) is 10.4. The maximum atomic E-state index is 13.4. The molecule has 0 aliphatic carbocycles. The fourth-order valence-electron chi connectivity index (χ4n) is 3.03. The highest BCUT2D eigenvalue weighted by Gasteiger charge is 2.27. The van der Waals surface area contributed by atoms with Gasteiger partial charge in [-0.2, -0.15) is 0 Å². The molecule has 0 aliphatic rings. The molecule has 7 nitrogen and oxygen atoms in total. The normalized spacial score (nSPS) is 11.3. The fraction of sp³-hybridized carbons (Fsp3) is 0.100. The zero-order valence-corrected chi connectivity index (χ0v) is 18.7. The van der Waals surface area contributed by atoms with Crippen molar-refractivity contribution in [1.82, 2.24) is 0 Å². The molecule has 0 fully saturated rings. The number of anilines is 1. The fourth-order valence-corrected chi connectivity index (χ4v) is 7.15. The molecule has 2 aromatic carbocycles. The molecule has 1 heterocycles. The van der Waals surface area contributed by atoms with Crippen molar-refractivity contribution in [3.05, 3.63) is 59.0 Å². The minimum atomic E-state index is -3.82. The van der Waals surface area contributed by atoms with Crippen molar-refractivity contribution in [1.29, 1.82) is 5.41 Å². The highest BCUT2D eigenvalue weighted by atomic mass is 32.2. The number of urea groups is 1. The molecule has 0 bridgehead atoms. The van der Waals surface area contributed by atoms with E-state index in [0.29, 0.717) is 20.3 Å². The number of carbonyl (C=O) groups excluding carboxylic acids is 1. The minimum Gasteiger partial charge on any atom is -0.383 e. The van der Waals surface area contributed by atoms with Gasteiger partial charge in [-0.15, -0.1) is 23.1 Å². The van der Waals surface area contributed by atoms with E-state index in [1.807, 2.05) is 6.07 Å². The first-order valence-corrected chi connectivity index (χ1v) is 12.2. The monoisotopic (exact) mass is 460 g/mol. The van der Waals surface area contributed by atoms with Crippen LogP contribution in [-0.2, 0) is 9.84 Å². The molecule has 0 saturated heterocycles. The molecular formula is C20H20N4O3S3. The van der Waals surface area contributed by atoms with Crippen molar-refractivity contribution >= 4 is 50.5 Å². The first-order valence-electron chi connectivity index (χ1n) is 8.69. The Labute approximate surface area is 182 Å². The summed E-state index contributed by atoms with van der Waals surface area (Å²) in [4.78, 5) is 11.8. The Bertz CT molecular complexity index is 1230. The molecule has 30 heavy (non-hydrogen) atoms. The average molecular weight is 461 g/mol. The van der Waals surface area contributed by atoms with Crippen molar-refractivity contribution in [3.8, 4) is 11.1 Å². The van der Waals surface area contributed by atoms with E-state index in [0.717, 1.165) is 11.1 Å². The van der Waals surface area contributed by atoms with E-state index < -0.39 is 15.9 Å². The summed E-state index contributed by atoms with van der Waals surface area (Å²) in [5.41, 5.74) is 13.4. The standard InChI is InChI=1S/C20H20N4O3S3/c1-11-14(12-6-8-13(9-7-12)24-20(23)25)4-3-5-16(11)30(26,27)17-10-15(18(21)22)29-19(17)28-2/h3-10H,1-2H3,(H3,21,22)(H3,23,24,25). The van der Waals surface area contributed by atoms with E-state index in [-0.39, 0.29) is 15.6 Å². The van der Waals surface area contributed by atoms with Crippen LogP contribution in [0.15, 0.2) is 62.5 Å². The number of hydrogen-bond donors (Lipinski definition) is 4. The second-order valence-electron chi connectivity index (χ2n) is 6.38. The maximum Gasteiger partial charge on any atom is 0.316 e. The van der Waals surface area contributed by atoms with Gasteiger partial charge in [-0.1, -0.05) is 24.3 Å². The Morgan fingerprint density at radius 1 is 1.10 bits per heavy atom. The van der Waals surface area contributed by atoms with Crippen LogP contribution in [0.2, 0.25) is 0 Å². The van der Waals surface area contributed by atoms with Crippen molar-refractivity contribution in [3.63, 3.8) is 0 Å². The molecule has 0 aliphatic heterocycles. The second kappa shape index (κ2) is 8.50. The molecule has 0 saturated carbocycles. The Hall–Kier alpha value is -2.82. The number of thioether (sulfide) groups is 1. The van der Waals surface area contributed by atoms with Gasteiger partial charge in [0.1, 0.15) is 5.84 Å². The number of benzene rings is 2. The van der Waals surface area contributed by atoms with Gasteiger partial charge in [0.2, 0.25) is 9.84 Å². The predicted molar refractivity (Wildman–Crippen MR) is 122 cm³/mol. The highest BCUT2D eigenvalue weighted by molar-refractivity contribution is 8.01. The molecule has 0 unspecified atom stereocenters. The first kappa shape index (κ1) is 21.9. The molecular weight excluding hydrogens is 440 g/mol. The summed E-state index contributed by atoms with van der Waals surface area (Å²) in [7, 11) is -3.82. The molecule has 3 rings (SSSR count). The van der Waals surface area contributed by atoms with E-state index in [2.05, 4.69) is 5.32 Å². The third-order valence-corrected chi connectivity index (χ3v) is 8.93. The van der Waals surface area contributed by atoms with Crippen LogP contribution < -0.4 is 16.8 Å². The van der Waals surface area contributed by atoms with Crippen LogP contribution in [-0.4, -0.2) is 26.5 Å². The lowest BCUT2D eigenvalue weighted by atomic mass is 10.0. The number of nitrogens with two attached hydrogens (primary N) is 2. The number of thiophene rings is 1. The van der Waals surface area contributed by atoms with Crippen molar-refractivity contribution in [2.45, 2.75) is 20.9 Å². The average Bonchev–Trinajstić information content (AvgIpc) is 3.14. The molecule has 0 radical (unpaired) electrons. The van der Waals surface area contributed by atoms with Crippen molar-refractivity contribution in [2.24, 2.45) is 11.5 Å². The number of hydrogen-bond acceptors (Lipinski definition) is 6. The van der Waals surface area contributed by atoms with Crippen molar-refractivity contribution < 1.29 is 13.2 Å². The number of primary amides is 1. The number of carbonyl (C=O) groups is 1. The summed E-state index contributed by atoms with van der Waals surface area (Å²) in [5, 5.41) is 10.1. The van der Waals surface area contributed by atoms with Gasteiger partial charge in [0.25, 0.3) is 0 Å². The lowest BCUT2D eigenvalue weighted by molar-refractivity contribution is 0.259. The summed E-state index contributed by atoms with van der Waals surface area (Å²) in [6.45, 7) is 1.76. The molecule has 0 atom stereocenters. The third-order valence-electron chi connectivity index (χ3n) is 4.44. The van der Waals surface area contributed by atoms with E-state index in [1.165, 1.54) is 29.2 Å². The van der Waals surface area contributed by atoms with E-state index >= 15 is 0 Å². The minimum absolute atomic E-state index is 0.159.